The van der Waals surface area contributed by atoms with Crippen LogP contribution in [0.15, 0.2) is 6.07 Å². The Balaban J connectivity index is 1.53. The molecule has 7 rings (SSSR count). The van der Waals surface area contributed by atoms with Crippen molar-refractivity contribution in [1.29, 1.82) is 0 Å². The molecule has 2 aromatic carbocycles. The molecule has 2 aromatic rings. The number of carbonyl (C=O) groups is 2. The van der Waals surface area contributed by atoms with E-state index in [-0.39, 0.29) is 41.3 Å². The third-order valence-corrected chi connectivity index (χ3v) is 8.40. The largest absolute Gasteiger partial charge is 0.506 e. The van der Waals surface area contributed by atoms with E-state index in [1.165, 1.54) is 7.11 Å². The Morgan fingerprint density at radius 3 is 2.74 bits per heavy atom. The van der Waals surface area contributed by atoms with E-state index < -0.39 is 42.1 Å². The Bertz CT molecular complexity index is 1340. The van der Waals surface area contributed by atoms with Gasteiger partial charge in [-0.3, -0.25) is 9.59 Å². The average Bonchev–Trinajstić information content (AvgIpc) is 3.51. The van der Waals surface area contributed by atoms with Gasteiger partial charge in [0.15, 0.2) is 18.2 Å². The van der Waals surface area contributed by atoms with Crippen LogP contribution in [-0.2, 0) is 25.4 Å². The molecule has 5 aliphatic rings. The van der Waals surface area contributed by atoms with Gasteiger partial charge in [0.1, 0.15) is 23.7 Å². The number of hydrogen-bond acceptors (Lipinski definition) is 10. The summed E-state index contributed by atoms with van der Waals surface area (Å²) < 4.78 is 30.0. The number of rotatable bonds is 4. The quantitative estimate of drug-likeness (QED) is 0.428. The minimum absolute atomic E-state index is 0.0329. The number of Topliss-reactive ketones (excluding diaryl/α,β-unsaturated/α-hetero) is 1. The van der Waals surface area contributed by atoms with Crippen LogP contribution >= 0.6 is 0 Å². The first-order valence-electron chi connectivity index (χ1n) is 11.7. The summed E-state index contributed by atoms with van der Waals surface area (Å²) >= 11 is 0. The summed E-state index contributed by atoms with van der Waals surface area (Å²) in [4.78, 5) is 25.0. The topological polar surface area (TPSA) is 144 Å². The van der Waals surface area contributed by atoms with Crippen molar-refractivity contribution in [1.82, 2.24) is 0 Å². The second-order valence-electron chi connectivity index (χ2n) is 9.93. The number of phenolic OH excluding ortho intramolecular Hbond substituents is 1. The maximum atomic E-state index is 12.8. The van der Waals surface area contributed by atoms with E-state index in [0.717, 1.165) is 0 Å². The molecule has 0 radical (unpaired) electrons. The van der Waals surface area contributed by atoms with Crippen molar-refractivity contribution in [2.24, 2.45) is 0 Å². The monoisotopic (exact) mass is 484 g/mol. The number of aliphatic hydroxyl groups is 2. The molecule has 2 bridgehead atoms. The molecule has 10 heteroatoms. The molecule has 3 N–H and O–H groups in total. The number of aromatic hydroxyl groups is 1. The molecule has 35 heavy (non-hydrogen) atoms. The molecule has 0 saturated carbocycles. The van der Waals surface area contributed by atoms with Crippen molar-refractivity contribution in [3.63, 3.8) is 0 Å². The van der Waals surface area contributed by atoms with Gasteiger partial charge in [-0.1, -0.05) is 0 Å². The zero-order valence-electron chi connectivity index (χ0n) is 19.1. The molecule has 4 aliphatic heterocycles. The lowest BCUT2D eigenvalue weighted by Gasteiger charge is -2.47. The summed E-state index contributed by atoms with van der Waals surface area (Å²) in [5.41, 5.74) is 0.730. The number of aliphatic hydroxyl groups excluding tert-OH is 1. The summed E-state index contributed by atoms with van der Waals surface area (Å²) in [6.07, 6.45) is -0.727. The molecule has 0 aromatic heterocycles. The maximum absolute atomic E-state index is 12.8. The molecule has 0 amide bonds. The molecule has 3 saturated heterocycles. The van der Waals surface area contributed by atoms with Gasteiger partial charge in [-0.25, -0.2) is 0 Å². The number of benzene rings is 2. The number of phenols is 1. The van der Waals surface area contributed by atoms with Gasteiger partial charge in [0, 0.05) is 30.0 Å². The SMILES string of the molecule is COC(CO)C12OC3c4c(C)cc5c(C=O)c6c(c(O)c5c4OC(O)(C3O1)C21CO1)C(=O)CCC6. The van der Waals surface area contributed by atoms with Gasteiger partial charge >= 0.3 is 0 Å². The zero-order valence-corrected chi connectivity index (χ0v) is 19.1. The van der Waals surface area contributed by atoms with Crippen LogP contribution in [0.5, 0.6) is 11.5 Å². The third-order valence-electron chi connectivity index (χ3n) is 8.40. The molecular formula is C25H24O10. The summed E-state index contributed by atoms with van der Waals surface area (Å²) in [6.45, 7) is 1.40. The van der Waals surface area contributed by atoms with Crippen LogP contribution in [0.4, 0.5) is 0 Å². The highest BCUT2D eigenvalue weighted by Gasteiger charge is 2.92. The van der Waals surface area contributed by atoms with E-state index in [1.54, 1.807) is 6.07 Å². The molecule has 184 valence electrons. The first kappa shape index (κ1) is 21.7. The summed E-state index contributed by atoms with van der Waals surface area (Å²) in [5.74, 6) is -4.03. The van der Waals surface area contributed by atoms with Crippen molar-refractivity contribution < 1.29 is 48.6 Å². The Labute approximate surface area is 199 Å². The number of hydrogen-bond donors (Lipinski definition) is 3. The van der Waals surface area contributed by atoms with Crippen molar-refractivity contribution in [3.8, 4) is 11.5 Å². The van der Waals surface area contributed by atoms with E-state index in [9.17, 15) is 24.9 Å². The van der Waals surface area contributed by atoms with Crippen LogP contribution < -0.4 is 4.74 Å². The van der Waals surface area contributed by atoms with Crippen molar-refractivity contribution in [2.75, 3.05) is 20.3 Å². The smallest absolute Gasteiger partial charge is 0.274 e. The highest BCUT2D eigenvalue weighted by molar-refractivity contribution is 6.14. The fraction of sp³-hybridized carbons (Fsp3) is 0.520. The highest BCUT2D eigenvalue weighted by Crippen LogP contribution is 2.70. The van der Waals surface area contributed by atoms with Crippen LogP contribution in [0.1, 0.15) is 56.4 Å². The zero-order chi connectivity index (χ0) is 24.5. The number of ether oxygens (including phenoxy) is 5. The number of methoxy groups -OCH3 is 1. The van der Waals surface area contributed by atoms with Gasteiger partial charge in [0.2, 0.25) is 11.4 Å². The molecule has 6 atom stereocenters. The van der Waals surface area contributed by atoms with Crippen LogP contribution in [-0.4, -0.2) is 77.1 Å². The van der Waals surface area contributed by atoms with E-state index >= 15 is 0 Å². The first-order chi connectivity index (χ1) is 16.8. The molecule has 4 heterocycles. The normalized spacial score (nSPS) is 36.7. The second-order valence-corrected chi connectivity index (χ2v) is 9.93. The van der Waals surface area contributed by atoms with Gasteiger partial charge in [-0.05, 0) is 37.0 Å². The van der Waals surface area contributed by atoms with Crippen molar-refractivity contribution in [2.45, 2.75) is 61.7 Å². The van der Waals surface area contributed by atoms with Gasteiger partial charge in [-0.2, -0.15) is 0 Å². The molecular weight excluding hydrogens is 460 g/mol. The number of fused-ring (bicyclic) bond motifs is 8. The second kappa shape index (κ2) is 6.58. The third kappa shape index (κ3) is 2.19. The van der Waals surface area contributed by atoms with Gasteiger partial charge < -0.3 is 39.0 Å². The molecule has 1 aliphatic carbocycles. The molecule has 1 spiro atoms. The Morgan fingerprint density at radius 2 is 2.09 bits per heavy atom. The first-order valence-corrected chi connectivity index (χ1v) is 11.7. The lowest BCUT2D eigenvalue weighted by atomic mass is 9.77. The fourth-order valence-electron chi connectivity index (χ4n) is 6.75. The van der Waals surface area contributed by atoms with E-state index in [4.69, 9.17) is 23.7 Å². The van der Waals surface area contributed by atoms with Crippen molar-refractivity contribution >= 4 is 22.8 Å². The van der Waals surface area contributed by atoms with E-state index in [1.807, 2.05) is 6.92 Å². The highest BCUT2D eigenvalue weighted by atomic mass is 16.9. The van der Waals surface area contributed by atoms with E-state index in [2.05, 4.69) is 0 Å². The lowest BCUT2D eigenvalue weighted by molar-refractivity contribution is -0.307. The van der Waals surface area contributed by atoms with E-state index in [0.29, 0.717) is 46.8 Å². The summed E-state index contributed by atoms with van der Waals surface area (Å²) in [7, 11) is 1.40. The molecule has 6 unspecified atom stereocenters. The fourth-order valence-corrected chi connectivity index (χ4v) is 6.75. The predicted molar refractivity (Wildman–Crippen MR) is 117 cm³/mol. The number of ketones is 1. The van der Waals surface area contributed by atoms with Crippen LogP contribution in [0.2, 0.25) is 0 Å². The molecule has 10 nitrogen and oxygen atoms in total. The van der Waals surface area contributed by atoms with Gasteiger partial charge in [-0.15, -0.1) is 0 Å². The van der Waals surface area contributed by atoms with Crippen molar-refractivity contribution in [3.05, 3.63) is 33.9 Å². The molecule has 3 fully saturated rings. The number of aryl methyl sites for hydroxylation is 1. The standard InChI is InChI=1S/C25H24O10/c1-10-6-12-13(7-26)11-4-3-5-14(28)17(11)19(29)18(12)20-16(10)21-22-24(30,33-20)23(9-32-23)25(34-21,35-22)15(8-27)31-2/h6-7,15,21-22,27,29-30H,3-5,8-9H2,1-2H3. The lowest BCUT2D eigenvalue weighted by Crippen LogP contribution is -2.69. The minimum atomic E-state index is -2.02. The van der Waals surface area contributed by atoms with Gasteiger partial charge in [0.05, 0.1) is 24.2 Å². The number of epoxide rings is 1. The Kier molecular flexibility index (Phi) is 4.07. The minimum Gasteiger partial charge on any atom is -0.506 e. The predicted octanol–water partition coefficient (Wildman–Crippen LogP) is 1.21. The van der Waals surface area contributed by atoms with Crippen LogP contribution in [0.25, 0.3) is 10.8 Å². The maximum Gasteiger partial charge on any atom is 0.274 e. The number of carbonyl (C=O) groups excluding carboxylic acids is 2. The van der Waals surface area contributed by atoms with Crippen LogP contribution in [0.3, 0.4) is 0 Å². The summed E-state index contributed by atoms with van der Waals surface area (Å²) in [5, 5.41) is 33.8. The number of aldehydes is 1. The van der Waals surface area contributed by atoms with Crippen LogP contribution in [0, 0.1) is 6.92 Å². The Morgan fingerprint density at radius 1 is 1.31 bits per heavy atom. The van der Waals surface area contributed by atoms with Gasteiger partial charge in [0.25, 0.3) is 5.79 Å². The summed E-state index contributed by atoms with van der Waals surface area (Å²) in [6, 6.07) is 1.76. The Hall–Kier alpha value is -2.60. The average molecular weight is 484 g/mol.